The third kappa shape index (κ3) is 6.89. The van der Waals surface area contributed by atoms with Crippen LogP contribution in [0.1, 0.15) is 41.4 Å². The molecule has 0 aliphatic heterocycles. The highest BCUT2D eigenvalue weighted by Crippen LogP contribution is 2.24. The monoisotopic (exact) mass is 463 g/mol. The standard InChI is InChI=1S/C27H30FN3O3/c1-18(2)16-30-27(33)23-6-4-5-7-24(23)31-25(32)17-29-26(19-8-12-21(28)13-9-19)20-10-14-22(34-3)15-11-20/h4-15,18,26,29H,16-17H2,1-3H3,(H,30,33)(H,31,32). The Labute approximate surface area is 199 Å². The Morgan fingerprint density at radius 1 is 0.912 bits per heavy atom. The van der Waals surface area contributed by atoms with Gasteiger partial charge in [0.05, 0.1) is 30.9 Å². The zero-order valence-electron chi connectivity index (χ0n) is 19.6. The molecule has 0 spiro atoms. The number of amides is 2. The average molecular weight is 464 g/mol. The fraction of sp³-hybridized carbons (Fsp3) is 0.259. The van der Waals surface area contributed by atoms with Gasteiger partial charge in [-0.2, -0.15) is 0 Å². The smallest absolute Gasteiger partial charge is 0.253 e. The quantitative estimate of drug-likeness (QED) is 0.413. The van der Waals surface area contributed by atoms with Crippen LogP contribution in [0.3, 0.4) is 0 Å². The molecule has 0 aromatic heterocycles. The highest BCUT2D eigenvalue weighted by atomic mass is 19.1. The molecule has 1 atom stereocenters. The van der Waals surface area contributed by atoms with E-state index >= 15 is 0 Å². The Morgan fingerprint density at radius 3 is 2.15 bits per heavy atom. The van der Waals surface area contributed by atoms with Crippen LogP contribution in [0.4, 0.5) is 10.1 Å². The van der Waals surface area contributed by atoms with Crippen molar-refractivity contribution in [3.63, 3.8) is 0 Å². The summed E-state index contributed by atoms with van der Waals surface area (Å²) < 4.78 is 18.7. The van der Waals surface area contributed by atoms with Gasteiger partial charge in [0.15, 0.2) is 0 Å². The molecule has 0 saturated heterocycles. The highest BCUT2D eigenvalue weighted by Gasteiger charge is 2.17. The molecule has 0 aliphatic carbocycles. The second kappa shape index (κ2) is 12.0. The maximum absolute atomic E-state index is 13.5. The number of carbonyl (C=O) groups is 2. The maximum Gasteiger partial charge on any atom is 0.253 e. The number of anilines is 1. The van der Waals surface area contributed by atoms with Crippen LogP contribution >= 0.6 is 0 Å². The summed E-state index contributed by atoms with van der Waals surface area (Å²) in [6.45, 7) is 4.56. The number of hydrogen-bond acceptors (Lipinski definition) is 4. The van der Waals surface area contributed by atoms with E-state index < -0.39 is 0 Å². The molecule has 0 heterocycles. The summed E-state index contributed by atoms with van der Waals surface area (Å²) in [6.07, 6.45) is 0. The van der Waals surface area contributed by atoms with E-state index in [0.29, 0.717) is 29.5 Å². The molecule has 3 N–H and O–H groups in total. The van der Waals surface area contributed by atoms with E-state index in [1.165, 1.54) is 12.1 Å². The van der Waals surface area contributed by atoms with Gasteiger partial charge in [0, 0.05) is 6.54 Å². The lowest BCUT2D eigenvalue weighted by atomic mass is 9.98. The Kier molecular flexibility index (Phi) is 8.76. The number of methoxy groups -OCH3 is 1. The van der Waals surface area contributed by atoms with Gasteiger partial charge in [0.2, 0.25) is 5.91 Å². The molecule has 6 nitrogen and oxygen atoms in total. The van der Waals surface area contributed by atoms with Crippen LogP contribution in [0.2, 0.25) is 0 Å². The lowest BCUT2D eigenvalue weighted by Gasteiger charge is -2.20. The molecular weight excluding hydrogens is 433 g/mol. The number of para-hydroxylation sites is 1. The van der Waals surface area contributed by atoms with Crippen molar-refractivity contribution in [1.29, 1.82) is 0 Å². The van der Waals surface area contributed by atoms with Crippen LogP contribution in [0, 0.1) is 11.7 Å². The minimum atomic E-state index is -0.346. The predicted octanol–water partition coefficient (Wildman–Crippen LogP) is 4.54. The van der Waals surface area contributed by atoms with E-state index in [1.807, 2.05) is 38.1 Å². The van der Waals surface area contributed by atoms with Gasteiger partial charge in [-0.3, -0.25) is 14.9 Å². The Hall–Kier alpha value is -3.71. The van der Waals surface area contributed by atoms with E-state index in [1.54, 1.807) is 43.5 Å². The number of halogens is 1. The second-order valence-electron chi connectivity index (χ2n) is 8.34. The van der Waals surface area contributed by atoms with Gasteiger partial charge >= 0.3 is 0 Å². The van der Waals surface area contributed by atoms with E-state index in [4.69, 9.17) is 4.74 Å². The van der Waals surface area contributed by atoms with Crippen molar-refractivity contribution in [3.05, 3.63) is 95.3 Å². The zero-order chi connectivity index (χ0) is 24.5. The van der Waals surface area contributed by atoms with Gasteiger partial charge in [-0.25, -0.2) is 4.39 Å². The largest absolute Gasteiger partial charge is 0.497 e. The number of hydrogen-bond donors (Lipinski definition) is 3. The van der Waals surface area contributed by atoms with Gasteiger partial charge in [-0.15, -0.1) is 0 Å². The van der Waals surface area contributed by atoms with Crippen molar-refractivity contribution in [2.75, 3.05) is 25.5 Å². The van der Waals surface area contributed by atoms with E-state index in [9.17, 15) is 14.0 Å². The van der Waals surface area contributed by atoms with Crippen molar-refractivity contribution in [1.82, 2.24) is 10.6 Å². The van der Waals surface area contributed by atoms with Crippen molar-refractivity contribution in [2.24, 2.45) is 5.92 Å². The minimum absolute atomic E-state index is 0.0178. The molecule has 7 heteroatoms. The first-order valence-corrected chi connectivity index (χ1v) is 11.2. The second-order valence-corrected chi connectivity index (χ2v) is 8.34. The summed E-state index contributed by atoms with van der Waals surface area (Å²) >= 11 is 0. The molecule has 3 aromatic rings. The topological polar surface area (TPSA) is 79.5 Å². The molecule has 34 heavy (non-hydrogen) atoms. The average Bonchev–Trinajstić information content (AvgIpc) is 2.84. The Morgan fingerprint density at radius 2 is 1.53 bits per heavy atom. The molecule has 0 aliphatic rings. The van der Waals surface area contributed by atoms with Gasteiger partial charge in [0.1, 0.15) is 11.6 Å². The van der Waals surface area contributed by atoms with E-state index in [-0.39, 0.29) is 30.2 Å². The number of ether oxygens (including phenoxy) is 1. The Balaban J connectivity index is 1.72. The van der Waals surface area contributed by atoms with E-state index in [2.05, 4.69) is 16.0 Å². The number of benzene rings is 3. The molecule has 178 valence electrons. The van der Waals surface area contributed by atoms with Gasteiger partial charge in [-0.05, 0) is 53.4 Å². The molecule has 3 aromatic carbocycles. The minimum Gasteiger partial charge on any atom is -0.497 e. The first kappa shape index (κ1) is 24.9. The Bertz CT molecular complexity index is 1100. The predicted molar refractivity (Wildman–Crippen MR) is 131 cm³/mol. The fourth-order valence-corrected chi connectivity index (χ4v) is 3.45. The van der Waals surface area contributed by atoms with Crippen molar-refractivity contribution in [3.8, 4) is 5.75 Å². The van der Waals surface area contributed by atoms with Gasteiger partial charge in [-0.1, -0.05) is 50.2 Å². The summed E-state index contributed by atoms with van der Waals surface area (Å²) in [7, 11) is 1.59. The zero-order valence-corrected chi connectivity index (χ0v) is 19.6. The summed E-state index contributed by atoms with van der Waals surface area (Å²) in [5.41, 5.74) is 2.56. The van der Waals surface area contributed by atoms with Crippen molar-refractivity contribution in [2.45, 2.75) is 19.9 Å². The van der Waals surface area contributed by atoms with Crippen LogP contribution in [-0.4, -0.2) is 32.0 Å². The number of nitrogens with one attached hydrogen (secondary N) is 3. The SMILES string of the molecule is COc1ccc(C(NCC(=O)Nc2ccccc2C(=O)NCC(C)C)c2ccc(F)cc2)cc1. The van der Waals surface area contributed by atoms with Crippen molar-refractivity contribution < 1.29 is 18.7 Å². The van der Waals surface area contributed by atoms with Crippen LogP contribution in [0.15, 0.2) is 72.8 Å². The van der Waals surface area contributed by atoms with Crippen molar-refractivity contribution >= 4 is 17.5 Å². The summed E-state index contributed by atoms with van der Waals surface area (Å²) in [5.74, 6) is 0.162. The van der Waals surface area contributed by atoms with Crippen LogP contribution < -0.4 is 20.7 Å². The van der Waals surface area contributed by atoms with E-state index in [0.717, 1.165) is 11.1 Å². The highest BCUT2D eigenvalue weighted by molar-refractivity contribution is 6.04. The molecule has 3 rings (SSSR count). The fourth-order valence-electron chi connectivity index (χ4n) is 3.45. The third-order valence-electron chi connectivity index (χ3n) is 5.24. The molecule has 2 amide bonds. The molecule has 0 radical (unpaired) electrons. The summed E-state index contributed by atoms with van der Waals surface area (Å²) in [4.78, 5) is 25.3. The normalized spacial score (nSPS) is 11.7. The molecule has 1 unspecified atom stereocenters. The first-order chi connectivity index (χ1) is 16.4. The summed E-state index contributed by atoms with van der Waals surface area (Å²) in [5, 5.41) is 8.94. The summed E-state index contributed by atoms with van der Waals surface area (Å²) in [6, 6.07) is 20.2. The van der Waals surface area contributed by atoms with Crippen LogP contribution in [-0.2, 0) is 4.79 Å². The number of rotatable bonds is 10. The third-order valence-corrected chi connectivity index (χ3v) is 5.24. The molecule has 0 bridgehead atoms. The maximum atomic E-state index is 13.5. The lowest BCUT2D eigenvalue weighted by molar-refractivity contribution is -0.115. The molecule has 0 saturated carbocycles. The number of carbonyl (C=O) groups excluding carboxylic acids is 2. The van der Waals surface area contributed by atoms with Crippen LogP contribution in [0.25, 0.3) is 0 Å². The first-order valence-electron chi connectivity index (χ1n) is 11.2. The van der Waals surface area contributed by atoms with Gasteiger partial charge < -0.3 is 15.4 Å². The lowest BCUT2D eigenvalue weighted by Crippen LogP contribution is -2.33. The van der Waals surface area contributed by atoms with Gasteiger partial charge in [0.25, 0.3) is 5.91 Å². The van der Waals surface area contributed by atoms with Crippen LogP contribution in [0.5, 0.6) is 5.75 Å². The molecular formula is C27H30FN3O3. The molecule has 0 fully saturated rings.